The van der Waals surface area contributed by atoms with Crippen molar-refractivity contribution in [1.29, 1.82) is 0 Å². The lowest BCUT2D eigenvalue weighted by atomic mass is 10.1. The number of hydrogen-bond donors (Lipinski definition) is 1. The Balaban J connectivity index is 2.29. The van der Waals surface area contributed by atoms with Gasteiger partial charge in [0.1, 0.15) is 5.69 Å². The molecule has 0 saturated heterocycles. The van der Waals surface area contributed by atoms with Crippen molar-refractivity contribution in [3.8, 4) is 0 Å². The summed E-state index contributed by atoms with van der Waals surface area (Å²) in [5.41, 5.74) is 0.840. The Morgan fingerprint density at radius 1 is 1.38 bits per heavy atom. The lowest BCUT2D eigenvalue weighted by Crippen LogP contribution is -2.34. The number of halogens is 1. The highest BCUT2D eigenvalue weighted by Gasteiger charge is 2.20. The molecule has 0 radical (unpaired) electrons. The van der Waals surface area contributed by atoms with E-state index in [4.69, 9.17) is 16.7 Å². The lowest BCUT2D eigenvalue weighted by molar-refractivity contribution is -0.141. The minimum Gasteiger partial charge on any atom is -0.481 e. The Labute approximate surface area is 127 Å². The van der Waals surface area contributed by atoms with Crippen LogP contribution in [0.1, 0.15) is 17.4 Å². The number of carbonyl (C=O) groups excluding carboxylic acids is 1. The first-order chi connectivity index (χ1) is 9.90. The molecule has 0 spiro atoms. The molecular weight excluding hydrogens is 292 g/mol. The molecule has 0 aliphatic carbocycles. The molecule has 1 N–H and O–H groups in total. The zero-order chi connectivity index (χ0) is 15.6. The molecule has 1 unspecified atom stereocenters. The quantitative estimate of drug-likeness (QED) is 0.942. The zero-order valence-electron chi connectivity index (χ0n) is 11.7. The number of hydrogen-bond acceptors (Lipinski definition) is 3. The first kappa shape index (κ1) is 15.3. The smallest absolute Gasteiger partial charge is 0.308 e. The van der Waals surface area contributed by atoms with Crippen LogP contribution in [0.25, 0.3) is 10.9 Å². The van der Waals surface area contributed by atoms with Gasteiger partial charge in [-0.25, -0.2) is 4.98 Å². The largest absolute Gasteiger partial charge is 0.481 e. The van der Waals surface area contributed by atoms with Crippen LogP contribution in [0.3, 0.4) is 0 Å². The van der Waals surface area contributed by atoms with Gasteiger partial charge in [0.25, 0.3) is 5.91 Å². The number of aliphatic carboxylic acids is 1. The number of nitrogens with zero attached hydrogens (tertiary/aromatic N) is 2. The maximum absolute atomic E-state index is 12.3. The van der Waals surface area contributed by atoms with Gasteiger partial charge in [-0.05, 0) is 12.1 Å². The molecular formula is C15H15ClN2O3. The number of pyridine rings is 1. The second-order valence-corrected chi connectivity index (χ2v) is 5.34. The summed E-state index contributed by atoms with van der Waals surface area (Å²) in [5, 5.41) is 10.1. The molecule has 0 bridgehead atoms. The van der Waals surface area contributed by atoms with Gasteiger partial charge in [-0.3, -0.25) is 9.59 Å². The first-order valence-electron chi connectivity index (χ1n) is 6.43. The fourth-order valence-corrected chi connectivity index (χ4v) is 2.27. The summed E-state index contributed by atoms with van der Waals surface area (Å²) in [6, 6.07) is 8.77. The van der Waals surface area contributed by atoms with Crippen LogP contribution in [-0.4, -0.2) is 40.5 Å². The molecule has 1 atom stereocenters. The Kier molecular flexibility index (Phi) is 4.43. The van der Waals surface area contributed by atoms with Crippen LogP contribution in [0.2, 0.25) is 5.02 Å². The van der Waals surface area contributed by atoms with Crippen molar-refractivity contribution in [2.45, 2.75) is 6.92 Å². The lowest BCUT2D eigenvalue weighted by Gasteiger charge is -2.19. The second kappa shape index (κ2) is 6.10. The average molecular weight is 307 g/mol. The number of carboxylic acids is 1. The predicted molar refractivity (Wildman–Crippen MR) is 80.5 cm³/mol. The Hall–Kier alpha value is -2.14. The van der Waals surface area contributed by atoms with Crippen LogP contribution in [0, 0.1) is 5.92 Å². The maximum atomic E-state index is 12.3. The van der Waals surface area contributed by atoms with E-state index in [0.717, 1.165) is 5.39 Å². The fourth-order valence-electron chi connectivity index (χ4n) is 2.01. The van der Waals surface area contributed by atoms with Crippen LogP contribution in [0.4, 0.5) is 0 Å². The number of amides is 1. The van der Waals surface area contributed by atoms with Gasteiger partial charge in [-0.2, -0.15) is 0 Å². The molecule has 21 heavy (non-hydrogen) atoms. The third-order valence-electron chi connectivity index (χ3n) is 3.20. The number of rotatable bonds is 4. The summed E-state index contributed by atoms with van der Waals surface area (Å²) < 4.78 is 0. The van der Waals surface area contributed by atoms with E-state index in [2.05, 4.69) is 4.98 Å². The first-order valence-corrected chi connectivity index (χ1v) is 6.81. The molecule has 0 fully saturated rings. The number of carbonyl (C=O) groups is 2. The van der Waals surface area contributed by atoms with Crippen LogP contribution in [0.15, 0.2) is 30.3 Å². The van der Waals surface area contributed by atoms with Gasteiger partial charge in [-0.1, -0.05) is 36.7 Å². The van der Waals surface area contributed by atoms with Crippen molar-refractivity contribution in [3.63, 3.8) is 0 Å². The number of benzene rings is 1. The topological polar surface area (TPSA) is 70.5 Å². The van der Waals surface area contributed by atoms with Gasteiger partial charge >= 0.3 is 5.97 Å². The van der Waals surface area contributed by atoms with Crippen molar-refractivity contribution >= 4 is 34.4 Å². The van der Waals surface area contributed by atoms with E-state index in [0.29, 0.717) is 10.5 Å². The third kappa shape index (κ3) is 3.31. The molecule has 6 heteroatoms. The van der Waals surface area contributed by atoms with E-state index in [1.165, 1.54) is 11.0 Å². The van der Waals surface area contributed by atoms with Gasteiger partial charge in [-0.15, -0.1) is 0 Å². The summed E-state index contributed by atoms with van der Waals surface area (Å²) in [6.45, 7) is 1.66. The number of fused-ring (bicyclic) bond motifs is 1. The van der Waals surface area contributed by atoms with E-state index in [1.54, 1.807) is 20.0 Å². The van der Waals surface area contributed by atoms with Crippen molar-refractivity contribution in [1.82, 2.24) is 9.88 Å². The van der Waals surface area contributed by atoms with Crippen LogP contribution < -0.4 is 0 Å². The molecule has 1 aromatic carbocycles. The second-order valence-electron chi connectivity index (χ2n) is 4.93. The Morgan fingerprint density at radius 3 is 2.71 bits per heavy atom. The molecule has 1 heterocycles. The zero-order valence-corrected chi connectivity index (χ0v) is 12.5. The van der Waals surface area contributed by atoms with Crippen LogP contribution in [-0.2, 0) is 4.79 Å². The van der Waals surface area contributed by atoms with Crippen LogP contribution >= 0.6 is 11.6 Å². The molecule has 1 aromatic heterocycles. The molecule has 2 aromatic rings. The van der Waals surface area contributed by atoms with E-state index >= 15 is 0 Å². The molecule has 2 rings (SSSR count). The summed E-state index contributed by atoms with van der Waals surface area (Å²) >= 11 is 6.16. The summed E-state index contributed by atoms with van der Waals surface area (Å²) in [4.78, 5) is 28.8. The summed E-state index contributed by atoms with van der Waals surface area (Å²) in [6.07, 6.45) is 0. The highest BCUT2D eigenvalue weighted by Crippen LogP contribution is 2.23. The number of carboxylic acid groups (broad SMARTS) is 1. The molecule has 5 nitrogen and oxygen atoms in total. The highest BCUT2D eigenvalue weighted by molar-refractivity contribution is 6.35. The maximum Gasteiger partial charge on any atom is 0.308 e. The van der Waals surface area contributed by atoms with Crippen molar-refractivity contribution in [3.05, 3.63) is 41.0 Å². The number of aromatic nitrogens is 1. The van der Waals surface area contributed by atoms with Crippen molar-refractivity contribution in [2.75, 3.05) is 13.6 Å². The van der Waals surface area contributed by atoms with Gasteiger partial charge in [0.2, 0.25) is 0 Å². The highest BCUT2D eigenvalue weighted by atomic mass is 35.5. The van der Waals surface area contributed by atoms with Gasteiger partial charge in [0.15, 0.2) is 0 Å². The Bertz CT molecular complexity index is 702. The minimum atomic E-state index is -0.945. The normalized spacial score (nSPS) is 12.1. The molecule has 0 saturated carbocycles. The van der Waals surface area contributed by atoms with Crippen molar-refractivity contribution < 1.29 is 14.7 Å². The monoisotopic (exact) mass is 306 g/mol. The van der Waals surface area contributed by atoms with Crippen molar-refractivity contribution in [2.24, 2.45) is 5.92 Å². The summed E-state index contributed by atoms with van der Waals surface area (Å²) in [7, 11) is 1.55. The van der Waals surface area contributed by atoms with E-state index < -0.39 is 11.9 Å². The third-order valence-corrected chi connectivity index (χ3v) is 3.51. The molecule has 110 valence electrons. The van der Waals surface area contributed by atoms with E-state index in [1.807, 2.05) is 18.2 Å². The predicted octanol–water partition coefficient (Wildman–Crippen LogP) is 2.68. The standard InChI is InChI=1S/C15H15ClN2O3/c1-9(15(20)21)8-18(2)14(19)13-7-11(16)10-5-3-4-6-12(10)17-13/h3-7,9H,8H2,1-2H3,(H,20,21). The minimum absolute atomic E-state index is 0.111. The van der Waals surface area contributed by atoms with E-state index in [9.17, 15) is 9.59 Å². The molecule has 0 aliphatic heterocycles. The van der Waals surface area contributed by atoms with Crippen LogP contribution in [0.5, 0.6) is 0 Å². The average Bonchev–Trinajstić information content (AvgIpc) is 2.46. The Morgan fingerprint density at radius 2 is 2.05 bits per heavy atom. The SMILES string of the molecule is CC(CN(C)C(=O)c1cc(Cl)c2ccccc2n1)C(=O)O. The van der Waals surface area contributed by atoms with Gasteiger partial charge in [0, 0.05) is 19.0 Å². The fraction of sp³-hybridized carbons (Fsp3) is 0.267. The molecule has 1 amide bonds. The van der Waals surface area contributed by atoms with Gasteiger partial charge < -0.3 is 10.0 Å². The molecule has 0 aliphatic rings. The number of para-hydroxylation sites is 1. The van der Waals surface area contributed by atoms with E-state index in [-0.39, 0.29) is 18.1 Å². The van der Waals surface area contributed by atoms with Gasteiger partial charge in [0.05, 0.1) is 16.5 Å². The summed E-state index contributed by atoms with van der Waals surface area (Å²) in [5.74, 6) is -1.94.